The number of likely N-dealkylation sites (N-methyl/N-ethyl adjacent to an activating group) is 1. The van der Waals surface area contributed by atoms with Crippen molar-refractivity contribution in [3.05, 3.63) is 83.4 Å². The summed E-state index contributed by atoms with van der Waals surface area (Å²) in [5.74, 6) is 0.154. The molecule has 0 atom stereocenters. The van der Waals surface area contributed by atoms with E-state index < -0.39 is 5.97 Å². The van der Waals surface area contributed by atoms with Gasteiger partial charge in [0.1, 0.15) is 0 Å². The average Bonchev–Trinajstić information content (AvgIpc) is 3.24. The van der Waals surface area contributed by atoms with Gasteiger partial charge in [-0.1, -0.05) is 59.8 Å². The van der Waals surface area contributed by atoms with Crippen molar-refractivity contribution in [2.45, 2.75) is 20.4 Å². The third-order valence-corrected chi connectivity index (χ3v) is 5.40. The standard InChI is InChI=1S/C26H25N3O3/c1-17-6-4-5-7-22(17)23-13-12-21(14-18(23)2)26-27-25(28-32-26)20-10-8-19(9-11-20)15-29(3)16-24(30)31/h4-14H,15-16H2,1-3H3,(H,30,31). The maximum atomic E-state index is 10.8. The maximum Gasteiger partial charge on any atom is 0.317 e. The molecule has 0 radical (unpaired) electrons. The number of hydrogen-bond acceptors (Lipinski definition) is 5. The van der Waals surface area contributed by atoms with E-state index in [1.807, 2.05) is 36.4 Å². The first-order chi connectivity index (χ1) is 15.4. The van der Waals surface area contributed by atoms with E-state index in [1.165, 1.54) is 16.7 Å². The van der Waals surface area contributed by atoms with E-state index in [4.69, 9.17) is 9.63 Å². The Bertz CT molecular complexity index is 1250. The highest BCUT2D eigenvalue weighted by atomic mass is 16.5. The Morgan fingerprint density at radius 2 is 1.62 bits per heavy atom. The minimum Gasteiger partial charge on any atom is -0.480 e. The summed E-state index contributed by atoms with van der Waals surface area (Å²) in [6.45, 7) is 4.75. The minimum atomic E-state index is -0.842. The summed E-state index contributed by atoms with van der Waals surface area (Å²) in [5.41, 5.74) is 7.53. The molecule has 1 aromatic heterocycles. The number of carboxylic acid groups (broad SMARTS) is 1. The molecule has 6 heteroatoms. The van der Waals surface area contributed by atoms with Crippen LogP contribution in [0.15, 0.2) is 71.3 Å². The molecule has 3 aromatic carbocycles. The normalized spacial score (nSPS) is 11.1. The number of nitrogens with zero attached hydrogens (tertiary/aromatic N) is 3. The van der Waals surface area contributed by atoms with Crippen molar-refractivity contribution in [3.8, 4) is 34.0 Å². The number of rotatable bonds is 7. The first kappa shape index (κ1) is 21.5. The molecule has 0 spiro atoms. The van der Waals surface area contributed by atoms with E-state index in [0.29, 0.717) is 18.3 Å². The lowest BCUT2D eigenvalue weighted by molar-refractivity contribution is -0.138. The van der Waals surface area contributed by atoms with Crippen molar-refractivity contribution in [1.29, 1.82) is 0 Å². The first-order valence-electron chi connectivity index (χ1n) is 10.4. The van der Waals surface area contributed by atoms with Crippen LogP contribution in [0.2, 0.25) is 0 Å². The molecule has 0 bridgehead atoms. The van der Waals surface area contributed by atoms with Crippen LogP contribution in [-0.4, -0.2) is 39.7 Å². The Morgan fingerprint density at radius 3 is 2.31 bits per heavy atom. The molecule has 0 saturated carbocycles. The molecule has 0 saturated heterocycles. The number of carbonyl (C=O) groups is 1. The second-order valence-corrected chi connectivity index (χ2v) is 8.03. The van der Waals surface area contributed by atoms with Crippen LogP contribution in [0.3, 0.4) is 0 Å². The van der Waals surface area contributed by atoms with E-state index >= 15 is 0 Å². The second-order valence-electron chi connectivity index (χ2n) is 8.03. The van der Waals surface area contributed by atoms with Crippen LogP contribution in [0, 0.1) is 13.8 Å². The van der Waals surface area contributed by atoms with E-state index in [2.05, 4.69) is 54.3 Å². The number of carboxylic acids is 1. The molecule has 0 aliphatic rings. The fourth-order valence-electron chi connectivity index (χ4n) is 3.79. The van der Waals surface area contributed by atoms with Gasteiger partial charge in [0.25, 0.3) is 5.89 Å². The third-order valence-electron chi connectivity index (χ3n) is 5.40. The zero-order chi connectivity index (χ0) is 22.7. The highest BCUT2D eigenvalue weighted by Gasteiger charge is 2.13. The molecule has 4 aromatic rings. The van der Waals surface area contributed by atoms with Crippen LogP contribution in [0.1, 0.15) is 16.7 Å². The Kier molecular flexibility index (Phi) is 6.14. The van der Waals surface area contributed by atoms with Crippen molar-refractivity contribution in [2.75, 3.05) is 13.6 Å². The van der Waals surface area contributed by atoms with Crippen LogP contribution in [-0.2, 0) is 11.3 Å². The Balaban J connectivity index is 1.52. The van der Waals surface area contributed by atoms with Crippen molar-refractivity contribution >= 4 is 5.97 Å². The summed E-state index contributed by atoms with van der Waals surface area (Å²) in [6.07, 6.45) is 0. The molecule has 1 N–H and O–H groups in total. The van der Waals surface area contributed by atoms with Gasteiger partial charge in [-0.15, -0.1) is 0 Å². The SMILES string of the molecule is Cc1ccccc1-c1ccc(-c2nc(-c3ccc(CN(C)CC(=O)O)cc3)no2)cc1C. The van der Waals surface area contributed by atoms with Crippen molar-refractivity contribution in [1.82, 2.24) is 15.0 Å². The van der Waals surface area contributed by atoms with E-state index in [1.54, 1.807) is 11.9 Å². The van der Waals surface area contributed by atoms with E-state index in [9.17, 15) is 4.79 Å². The summed E-state index contributed by atoms with van der Waals surface area (Å²) >= 11 is 0. The minimum absolute atomic E-state index is 0.00198. The molecule has 162 valence electrons. The van der Waals surface area contributed by atoms with Gasteiger partial charge in [0.05, 0.1) is 6.54 Å². The summed E-state index contributed by atoms with van der Waals surface area (Å²) < 4.78 is 5.53. The Hall–Kier alpha value is -3.77. The smallest absolute Gasteiger partial charge is 0.317 e. The highest BCUT2D eigenvalue weighted by molar-refractivity contribution is 5.73. The average molecular weight is 428 g/mol. The second kappa shape index (κ2) is 9.16. The molecule has 4 rings (SSSR count). The van der Waals surface area contributed by atoms with Gasteiger partial charge in [-0.3, -0.25) is 9.69 Å². The van der Waals surface area contributed by atoms with Gasteiger partial charge in [-0.2, -0.15) is 4.98 Å². The molecular formula is C26H25N3O3. The van der Waals surface area contributed by atoms with Crippen LogP contribution in [0.25, 0.3) is 34.0 Å². The van der Waals surface area contributed by atoms with Gasteiger partial charge in [0.2, 0.25) is 5.82 Å². The van der Waals surface area contributed by atoms with E-state index in [0.717, 1.165) is 22.3 Å². The molecule has 32 heavy (non-hydrogen) atoms. The summed E-state index contributed by atoms with van der Waals surface area (Å²) in [4.78, 5) is 17.1. The van der Waals surface area contributed by atoms with Gasteiger partial charge < -0.3 is 9.63 Å². The van der Waals surface area contributed by atoms with Crippen molar-refractivity contribution in [2.24, 2.45) is 0 Å². The predicted octanol–water partition coefficient (Wildman–Crippen LogP) is 5.20. The molecule has 0 aliphatic heterocycles. The molecule has 1 heterocycles. The zero-order valence-electron chi connectivity index (χ0n) is 18.4. The Labute approximate surface area is 187 Å². The fraction of sp³-hybridized carbons (Fsp3) is 0.192. The monoisotopic (exact) mass is 427 g/mol. The molecule has 0 fully saturated rings. The lowest BCUT2D eigenvalue weighted by Crippen LogP contribution is -2.25. The number of aliphatic carboxylic acids is 1. The largest absolute Gasteiger partial charge is 0.480 e. The summed E-state index contributed by atoms with van der Waals surface area (Å²) in [7, 11) is 1.78. The van der Waals surface area contributed by atoms with Crippen LogP contribution in [0.5, 0.6) is 0 Å². The molecule has 0 unspecified atom stereocenters. The highest BCUT2D eigenvalue weighted by Crippen LogP contribution is 2.30. The third kappa shape index (κ3) is 4.76. The van der Waals surface area contributed by atoms with E-state index in [-0.39, 0.29) is 6.54 Å². The molecule has 0 amide bonds. The van der Waals surface area contributed by atoms with Gasteiger partial charge in [-0.05, 0) is 60.8 Å². The first-order valence-corrected chi connectivity index (χ1v) is 10.4. The lowest BCUT2D eigenvalue weighted by Gasteiger charge is -2.13. The van der Waals surface area contributed by atoms with Gasteiger partial charge >= 0.3 is 5.97 Å². The Morgan fingerprint density at radius 1 is 0.938 bits per heavy atom. The number of aromatic nitrogens is 2. The van der Waals surface area contributed by atoms with Crippen LogP contribution >= 0.6 is 0 Å². The van der Waals surface area contributed by atoms with Crippen LogP contribution in [0.4, 0.5) is 0 Å². The topological polar surface area (TPSA) is 79.5 Å². The molecular weight excluding hydrogens is 402 g/mol. The van der Waals surface area contributed by atoms with Crippen molar-refractivity contribution in [3.63, 3.8) is 0 Å². The maximum absolute atomic E-state index is 10.8. The molecule has 6 nitrogen and oxygen atoms in total. The predicted molar refractivity (Wildman–Crippen MR) is 124 cm³/mol. The quantitative estimate of drug-likeness (QED) is 0.436. The van der Waals surface area contributed by atoms with Gasteiger partial charge in [0.15, 0.2) is 0 Å². The fourth-order valence-corrected chi connectivity index (χ4v) is 3.79. The molecule has 0 aliphatic carbocycles. The van der Waals surface area contributed by atoms with Crippen LogP contribution < -0.4 is 0 Å². The number of aryl methyl sites for hydroxylation is 2. The summed E-state index contributed by atoms with van der Waals surface area (Å²) in [5, 5.41) is 13.0. The van der Waals surface area contributed by atoms with Gasteiger partial charge in [0, 0.05) is 17.7 Å². The lowest BCUT2D eigenvalue weighted by atomic mass is 9.95. The van der Waals surface area contributed by atoms with Crippen molar-refractivity contribution < 1.29 is 14.4 Å². The van der Waals surface area contributed by atoms with Gasteiger partial charge in [-0.25, -0.2) is 0 Å². The summed E-state index contributed by atoms with van der Waals surface area (Å²) in [6, 6.07) is 22.3. The number of hydrogen-bond donors (Lipinski definition) is 1. The zero-order valence-corrected chi connectivity index (χ0v) is 18.4. The number of benzene rings is 3.